The minimum Gasteiger partial charge on any atom is -0.381 e. The lowest BCUT2D eigenvalue weighted by Gasteiger charge is -2.36. The zero-order chi connectivity index (χ0) is 17.7. The third kappa shape index (κ3) is 4.21. The van der Waals surface area contributed by atoms with Crippen molar-refractivity contribution in [2.45, 2.75) is 32.2 Å². The first-order valence-electron chi connectivity index (χ1n) is 8.56. The normalized spacial score (nSPS) is 16.4. The maximum atomic E-state index is 12.4. The van der Waals surface area contributed by atoms with Crippen LogP contribution in [0, 0.1) is 13.8 Å². The lowest BCUT2D eigenvalue weighted by atomic mass is 9.89. The molecule has 0 spiro atoms. The Morgan fingerprint density at radius 2 is 1.92 bits per heavy atom. The van der Waals surface area contributed by atoms with Crippen LogP contribution in [0.5, 0.6) is 0 Å². The van der Waals surface area contributed by atoms with E-state index in [-0.39, 0.29) is 12.5 Å². The predicted molar refractivity (Wildman–Crippen MR) is 96.3 cm³/mol. The van der Waals surface area contributed by atoms with E-state index in [4.69, 9.17) is 4.74 Å². The largest absolute Gasteiger partial charge is 0.381 e. The summed E-state index contributed by atoms with van der Waals surface area (Å²) in [4.78, 5) is 21.2. The summed E-state index contributed by atoms with van der Waals surface area (Å²) in [6.45, 7) is 5.46. The van der Waals surface area contributed by atoms with Gasteiger partial charge in [-0.1, -0.05) is 12.1 Å². The molecular weight excluding hydrogens is 316 g/mol. The molecule has 2 N–H and O–H groups in total. The van der Waals surface area contributed by atoms with Crippen LogP contribution in [0.1, 0.15) is 29.8 Å². The molecule has 0 bridgehead atoms. The Morgan fingerprint density at radius 1 is 1.20 bits per heavy atom. The number of nitrogens with zero attached hydrogens (tertiary/aromatic N) is 2. The van der Waals surface area contributed by atoms with Gasteiger partial charge in [0, 0.05) is 31.3 Å². The number of aromatic nitrogens is 2. The van der Waals surface area contributed by atoms with Crippen molar-refractivity contribution in [3.63, 3.8) is 0 Å². The van der Waals surface area contributed by atoms with Crippen LogP contribution in [0.2, 0.25) is 0 Å². The highest BCUT2D eigenvalue weighted by atomic mass is 16.5. The van der Waals surface area contributed by atoms with Gasteiger partial charge in [-0.25, -0.2) is 9.97 Å². The van der Waals surface area contributed by atoms with E-state index in [2.05, 4.69) is 20.6 Å². The van der Waals surface area contributed by atoms with Crippen LogP contribution in [-0.4, -0.2) is 35.6 Å². The summed E-state index contributed by atoms with van der Waals surface area (Å²) in [5, 5.41) is 6.37. The van der Waals surface area contributed by atoms with Crippen molar-refractivity contribution in [3.8, 4) is 0 Å². The van der Waals surface area contributed by atoms with E-state index in [0.29, 0.717) is 13.2 Å². The quantitative estimate of drug-likeness (QED) is 0.874. The lowest BCUT2D eigenvalue weighted by molar-refractivity contribution is -0.116. The first kappa shape index (κ1) is 17.5. The molecule has 0 saturated carbocycles. The molecule has 1 aliphatic heterocycles. The summed E-state index contributed by atoms with van der Waals surface area (Å²) >= 11 is 0. The molecule has 1 amide bonds. The Morgan fingerprint density at radius 3 is 2.64 bits per heavy atom. The van der Waals surface area contributed by atoms with Crippen LogP contribution in [0.25, 0.3) is 0 Å². The van der Waals surface area contributed by atoms with Crippen molar-refractivity contribution in [2.24, 2.45) is 0 Å². The number of benzene rings is 1. The number of carbonyl (C=O) groups excluding carboxylic acids is 1. The van der Waals surface area contributed by atoms with Crippen molar-refractivity contribution in [1.29, 1.82) is 0 Å². The molecule has 6 nitrogen and oxygen atoms in total. The van der Waals surface area contributed by atoms with E-state index < -0.39 is 5.54 Å². The van der Waals surface area contributed by atoms with E-state index in [1.165, 1.54) is 0 Å². The van der Waals surface area contributed by atoms with Crippen LogP contribution in [0.4, 0.5) is 5.69 Å². The average molecular weight is 340 g/mol. The van der Waals surface area contributed by atoms with Crippen molar-refractivity contribution in [2.75, 3.05) is 25.1 Å². The molecule has 1 saturated heterocycles. The van der Waals surface area contributed by atoms with Gasteiger partial charge in [-0.3, -0.25) is 10.1 Å². The molecule has 0 radical (unpaired) electrons. The molecule has 0 atom stereocenters. The van der Waals surface area contributed by atoms with Crippen molar-refractivity contribution >= 4 is 11.6 Å². The fourth-order valence-corrected chi connectivity index (χ4v) is 3.06. The zero-order valence-corrected chi connectivity index (χ0v) is 14.7. The summed E-state index contributed by atoms with van der Waals surface area (Å²) in [7, 11) is 0. The summed E-state index contributed by atoms with van der Waals surface area (Å²) in [6, 6.07) is 7.82. The molecule has 2 heterocycles. The topological polar surface area (TPSA) is 76.1 Å². The molecule has 0 unspecified atom stereocenters. The van der Waals surface area contributed by atoms with E-state index in [0.717, 1.165) is 35.5 Å². The molecular formula is C19H24N4O2. The Bertz CT molecular complexity index is 727. The van der Waals surface area contributed by atoms with Gasteiger partial charge in [0.05, 0.1) is 12.1 Å². The molecule has 3 rings (SSSR count). The van der Waals surface area contributed by atoms with Gasteiger partial charge >= 0.3 is 0 Å². The summed E-state index contributed by atoms with van der Waals surface area (Å²) in [6.07, 6.45) is 4.95. The van der Waals surface area contributed by atoms with Crippen LogP contribution < -0.4 is 10.6 Å². The molecule has 132 valence electrons. The molecule has 25 heavy (non-hydrogen) atoms. The van der Waals surface area contributed by atoms with Gasteiger partial charge < -0.3 is 10.1 Å². The first-order valence-corrected chi connectivity index (χ1v) is 8.56. The smallest absolute Gasteiger partial charge is 0.238 e. The second kappa shape index (κ2) is 7.72. The van der Waals surface area contributed by atoms with Crippen molar-refractivity contribution in [3.05, 3.63) is 53.6 Å². The Hall–Kier alpha value is -2.31. The monoisotopic (exact) mass is 340 g/mol. The van der Waals surface area contributed by atoms with Crippen molar-refractivity contribution < 1.29 is 9.53 Å². The van der Waals surface area contributed by atoms with Crippen LogP contribution in [0.3, 0.4) is 0 Å². The average Bonchev–Trinajstić information content (AvgIpc) is 2.65. The second-order valence-corrected chi connectivity index (χ2v) is 6.49. The third-order valence-electron chi connectivity index (χ3n) is 4.59. The molecule has 1 aromatic carbocycles. The van der Waals surface area contributed by atoms with Gasteiger partial charge in [0.2, 0.25) is 5.91 Å². The van der Waals surface area contributed by atoms with Gasteiger partial charge in [-0.2, -0.15) is 0 Å². The van der Waals surface area contributed by atoms with Crippen LogP contribution >= 0.6 is 0 Å². The fraction of sp³-hybridized carbons (Fsp3) is 0.421. The molecule has 1 aliphatic rings. The number of rotatable bonds is 5. The van der Waals surface area contributed by atoms with Gasteiger partial charge in [0.25, 0.3) is 0 Å². The SMILES string of the molecule is Cc1ccc(C)c(NC(=O)CNC2(c3ncccn3)CCOCC2)c1. The highest BCUT2D eigenvalue weighted by molar-refractivity contribution is 5.93. The minimum atomic E-state index is -0.418. The summed E-state index contributed by atoms with van der Waals surface area (Å²) < 4.78 is 5.48. The maximum absolute atomic E-state index is 12.4. The summed E-state index contributed by atoms with van der Waals surface area (Å²) in [5.74, 6) is 0.647. The van der Waals surface area contributed by atoms with E-state index in [1.807, 2.05) is 32.0 Å². The molecule has 1 aromatic heterocycles. The molecule has 1 fully saturated rings. The fourth-order valence-electron chi connectivity index (χ4n) is 3.06. The molecule has 2 aromatic rings. The second-order valence-electron chi connectivity index (χ2n) is 6.49. The number of carbonyl (C=O) groups is 1. The van der Waals surface area contributed by atoms with E-state index in [9.17, 15) is 4.79 Å². The summed E-state index contributed by atoms with van der Waals surface area (Å²) in [5.41, 5.74) is 2.60. The predicted octanol–water partition coefficient (Wildman–Crippen LogP) is 2.33. The number of hydrogen-bond donors (Lipinski definition) is 2. The third-order valence-corrected chi connectivity index (χ3v) is 4.59. The number of anilines is 1. The minimum absolute atomic E-state index is 0.0736. The van der Waals surface area contributed by atoms with Crippen LogP contribution in [-0.2, 0) is 15.1 Å². The lowest BCUT2D eigenvalue weighted by Crippen LogP contribution is -2.50. The van der Waals surface area contributed by atoms with Gasteiger partial charge in [0.15, 0.2) is 0 Å². The number of ether oxygens (including phenoxy) is 1. The number of amides is 1. The van der Waals surface area contributed by atoms with Gasteiger partial charge in [-0.05, 0) is 49.9 Å². The maximum Gasteiger partial charge on any atom is 0.238 e. The van der Waals surface area contributed by atoms with Gasteiger partial charge in [-0.15, -0.1) is 0 Å². The first-order chi connectivity index (χ1) is 12.1. The van der Waals surface area contributed by atoms with Gasteiger partial charge in [0.1, 0.15) is 5.82 Å². The number of nitrogens with one attached hydrogen (secondary N) is 2. The number of aryl methyl sites for hydroxylation is 2. The highest BCUT2D eigenvalue weighted by Crippen LogP contribution is 2.29. The van der Waals surface area contributed by atoms with Crippen molar-refractivity contribution in [1.82, 2.24) is 15.3 Å². The van der Waals surface area contributed by atoms with E-state index in [1.54, 1.807) is 18.5 Å². The molecule has 6 heteroatoms. The van der Waals surface area contributed by atoms with Crippen LogP contribution in [0.15, 0.2) is 36.7 Å². The highest BCUT2D eigenvalue weighted by Gasteiger charge is 2.37. The molecule has 0 aliphatic carbocycles. The standard InChI is InChI=1S/C19H24N4O2/c1-14-4-5-15(2)16(12-14)23-17(24)13-22-19(6-10-25-11-7-19)18-20-8-3-9-21-18/h3-5,8-9,12,22H,6-7,10-11,13H2,1-2H3,(H,23,24). The van der Waals surface area contributed by atoms with E-state index >= 15 is 0 Å². The Labute approximate surface area is 148 Å². The zero-order valence-electron chi connectivity index (χ0n) is 14.7. The Balaban J connectivity index is 1.69. The number of hydrogen-bond acceptors (Lipinski definition) is 5. The Kier molecular flexibility index (Phi) is 5.40.